The number of rotatable bonds is 9. The summed E-state index contributed by atoms with van der Waals surface area (Å²) in [6.07, 6.45) is 8.76. The number of hydrogen-bond acceptors (Lipinski definition) is 9. The van der Waals surface area contributed by atoms with Crippen LogP contribution in [0.3, 0.4) is 0 Å². The first-order chi connectivity index (χ1) is 31.7. The van der Waals surface area contributed by atoms with Gasteiger partial charge in [-0.3, -0.25) is 28.1 Å². The van der Waals surface area contributed by atoms with Crippen molar-refractivity contribution in [3.05, 3.63) is 139 Å². The molecule has 66 heavy (non-hydrogen) atoms. The average Bonchev–Trinajstić information content (AvgIpc) is 4.14. The number of hydrogen-bond donors (Lipinski definition) is 2. The van der Waals surface area contributed by atoms with Gasteiger partial charge in [0.1, 0.15) is 17.3 Å². The molecule has 4 aromatic heterocycles. The molecule has 15 nitrogen and oxygen atoms in total. The van der Waals surface area contributed by atoms with Crippen LogP contribution in [0, 0.1) is 17.6 Å². The number of nitrogens with two attached hydrogens (primary N) is 1. The molecule has 0 radical (unpaired) electrons. The van der Waals surface area contributed by atoms with E-state index in [0.717, 1.165) is 35.7 Å². The van der Waals surface area contributed by atoms with E-state index in [2.05, 4.69) is 47.3 Å². The molecule has 1 amide bonds. The van der Waals surface area contributed by atoms with Gasteiger partial charge >= 0.3 is 11.4 Å². The zero-order valence-electron chi connectivity index (χ0n) is 37.6. The summed E-state index contributed by atoms with van der Waals surface area (Å²) in [5.41, 5.74) is 11.9. The molecule has 1 fully saturated rings. The Hall–Kier alpha value is -6.88. The summed E-state index contributed by atoms with van der Waals surface area (Å²) < 4.78 is 48.2. The van der Waals surface area contributed by atoms with Gasteiger partial charge < -0.3 is 19.9 Å². The molecule has 3 aromatic carbocycles. The monoisotopic (exact) mass is 898 g/mol. The smallest absolute Gasteiger partial charge is 0.402 e. The number of aromatic amines is 1. The number of fused-ring (bicyclic) bond motifs is 3. The molecule has 3 N–H and O–H groups in total. The largest absolute Gasteiger partial charge is 0.438 e. The van der Waals surface area contributed by atoms with E-state index in [0.29, 0.717) is 72.0 Å². The molecule has 1 saturated heterocycles. The molecular formula is C49H52F2N10O5. The second kappa shape index (κ2) is 16.5. The highest BCUT2D eigenvalue weighted by Gasteiger charge is 2.36. The van der Waals surface area contributed by atoms with Gasteiger partial charge in [0, 0.05) is 74.2 Å². The van der Waals surface area contributed by atoms with Crippen LogP contribution < -0.4 is 17.2 Å². The van der Waals surface area contributed by atoms with Gasteiger partial charge in [-0.1, -0.05) is 18.1 Å². The Morgan fingerprint density at radius 3 is 2.64 bits per heavy atom. The minimum Gasteiger partial charge on any atom is -0.402 e. The third-order valence-electron chi connectivity index (χ3n) is 13.7. The van der Waals surface area contributed by atoms with Crippen molar-refractivity contribution in [3.8, 4) is 5.69 Å². The summed E-state index contributed by atoms with van der Waals surface area (Å²) in [7, 11) is 1.71. The van der Waals surface area contributed by atoms with Crippen LogP contribution in [0.2, 0.25) is 0 Å². The second-order valence-electron chi connectivity index (χ2n) is 18.7. The molecule has 17 heteroatoms. The number of nitrogens with zero attached hydrogens (tertiary/aromatic N) is 8. The fraction of sp³-hybridized carbons (Fsp3) is 0.388. The van der Waals surface area contributed by atoms with Crippen molar-refractivity contribution >= 4 is 39.2 Å². The van der Waals surface area contributed by atoms with Crippen molar-refractivity contribution in [1.29, 1.82) is 0 Å². The first-order valence-electron chi connectivity index (χ1n) is 22.6. The molecule has 0 bridgehead atoms. The summed E-state index contributed by atoms with van der Waals surface area (Å²) in [6, 6.07) is 13.9. The third kappa shape index (κ3) is 7.57. The zero-order chi connectivity index (χ0) is 46.2. The SMILES string of the molecule is CC(Cc1noc(=O)[nH]1)Cn1c(C(=O)N2CCC(N)=C(C(=Nc3ccc(F)c4c3CCC4)n3ccn(-c4ccc5c(cnn5C)c4F)c3=O)C2C)cc2cc(C3CCOC(C)(C)C3)ccc21. The maximum Gasteiger partial charge on any atom is 0.438 e. The lowest BCUT2D eigenvalue weighted by atomic mass is 9.83. The molecule has 10 rings (SSSR count). The van der Waals surface area contributed by atoms with Crippen LogP contribution in [0.5, 0.6) is 0 Å². The molecule has 1 aliphatic carbocycles. The Morgan fingerprint density at radius 1 is 1.05 bits per heavy atom. The van der Waals surface area contributed by atoms with E-state index in [1.165, 1.54) is 45.4 Å². The Kier molecular flexibility index (Phi) is 10.8. The average molecular weight is 899 g/mol. The first-order valence-corrected chi connectivity index (χ1v) is 22.6. The quantitative estimate of drug-likeness (QED) is 0.113. The Bertz CT molecular complexity index is 3250. The molecule has 3 unspecified atom stereocenters. The number of carbonyl (C=O) groups excluding carboxylic acids is 1. The number of aromatic nitrogens is 7. The number of carbonyl (C=O) groups is 1. The van der Waals surface area contributed by atoms with E-state index in [-0.39, 0.29) is 59.0 Å². The van der Waals surface area contributed by atoms with E-state index in [1.54, 1.807) is 28.8 Å². The van der Waals surface area contributed by atoms with Crippen LogP contribution in [0.25, 0.3) is 27.5 Å². The van der Waals surface area contributed by atoms with Crippen molar-refractivity contribution in [3.63, 3.8) is 0 Å². The number of halogens is 2. The molecule has 0 saturated carbocycles. The second-order valence-corrected chi connectivity index (χ2v) is 18.7. The molecule has 3 atom stereocenters. The molecule has 6 heterocycles. The first kappa shape index (κ1) is 43.0. The number of imidazole rings is 1. The highest BCUT2D eigenvalue weighted by Crippen LogP contribution is 2.39. The highest BCUT2D eigenvalue weighted by atomic mass is 19.1. The van der Waals surface area contributed by atoms with Gasteiger partial charge in [0.05, 0.1) is 40.1 Å². The molecular weight excluding hydrogens is 847 g/mol. The van der Waals surface area contributed by atoms with Crippen LogP contribution in [0.1, 0.15) is 92.3 Å². The van der Waals surface area contributed by atoms with Gasteiger partial charge in [-0.05, 0) is 124 Å². The Morgan fingerprint density at radius 2 is 1.85 bits per heavy atom. The van der Waals surface area contributed by atoms with Crippen LogP contribution in [0.4, 0.5) is 14.5 Å². The fourth-order valence-corrected chi connectivity index (χ4v) is 10.4. The molecule has 3 aliphatic rings. The van der Waals surface area contributed by atoms with Crippen LogP contribution in [-0.2, 0) is 37.6 Å². The van der Waals surface area contributed by atoms with Gasteiger partial charge in [0.2, 0.25) is 0 Å². The maximum atomic E-state index is 16.1. The standard InChI is InChI=1S/C49H52F2N10O5/c1-27(21-42-55-47(63)66-56-42)26-61-38-12-9-29(30-16-20-65-49(3,4)24-30)22-31(38)23-41(61)46(62)58-17-15-36(52)43(28(58)2)45(54-37-11-10-35(50)32-7-6-8-33(32)37)60-19-18-59(48(60)64)40-14-13-39-34(44(40)51)25-53-57(39)5/h9-14,18-19,22-23,25,27-28,30H,6-8,15-17,20-21,24,26,52H2,1-5H3,(H,55,56,63). The van der Waals surface area contributed by atoms with Crippen molar-refractivity contribution in [2.45, 2.75) is 96.7 Å². The lowest BCUT2D eigenvalue weighted by Crippen LogP contribution is -2.48. The number of ether oxygens (including phenoxy) is 1. The molecule has 342 valence electrons. The summed E-state index contributed by atoms with van der Waals surface area (Å²) in [6.45, 7) is 9.47. The van der Waals surface area contributed by atoms with Crippen molar-refractivity contribution in [2.75, 3.05) is 13.2 Å². The molecule has 7 aromatic rings. The summed E-state index contributed by atoms with van der Waals surface area (Å²) >= 11 is 0. The highest BCUT2D eigenvalue weighted by molar-refractivity contribution is 6.05. The topological polar surface area (TPSA) is 176 Å². The van der Waals surface area contributed by atoms with E-state index in [9.17, 15) is 9.59 Å². The molecule has 2 aliphatic heterocycles. The summed E-state index contributed by atoms with van der Waals surface area (Å²) in [5, 5.41) is 9.25. The van der Waals surface area contributed by atoms with Crippen molar-refractivity contribution < 1.29 is 22.8 Å². The minimum atomic E-state index is -0.707. The van der Waals surface area contributed by atoms with Gasteiger partial charge in [-0.25, -0.2) is 23.4 Å². The van der Waals surface area contributed by atoms with E-state index >= 15 is 13.6 Å². The van der Waals surface area contributed by atoms with E-state index in [4.69, 9.17) is 20.0 Å². The van der Waals surface area contributed by atoms with Crippen molar-refractivity contribution in [1.82, 2.24) is 38.5 Å². The normalized spacial score (nSPS) is 19.3. The van der Waals surface area contributed by atoms with Crippen LogP contribution in [0.15, 0.2) is 97.5 Å². The number of amides is 1. The Labute approximate surface area is 378 Å². The van der Waals surface area contributed by atoms with Gasteiger partial charge in [0.15, 0.2) is 11.6 Å². The lowest BCUT2D eigenvalue weighted by molar-refractivity contribution is -0.0592. The molecule has 0 spiro atoms. The maximum absolute atomic E-state index is 16.1. The predicted molar refractivity (Wildman–Crippen MR) is 245 cm³/mol. The number of aliphatic imine (C=N–C) groups is 1. The number of nitrogens with one attached hydrogen (secondary N) is 1. The number of aryl methyl sites for hydroxylation is 1. The van der Waals surface area contributed by atoms with Gasteiger partial charge in [-0.15, -0.1) is 0 Å². The third-order valence-corrected chi connectivity index (χ3v) is 13.7. The number of H-pyrrole nitrogens is 1. The van der Waals surface area contributed by atoms with Gasteiger partial charge in [-0.2, -0.15) is 5.10 Å². The summed E-state index contributed by atoms with van der Waals surface area (Å²) in [5.74, 6) is -1.02. The predicted octanol–water partition coefficient (Wildman–Crippen LogP) is 7.20. The van der Waals surface area contributed by atoms with Crippen molar-refractivity contribution in [2.24, 2.45) is 23.7 Å². The summed E-state index contributed by atoms with van der Waals surface area (Å²) in [4.78, 5) is 51.3. The van der Waals surface area contributed by atoms with E-state index in [1.807, 2.05) is 24.5 Å². The van der Waals surface area contributed by atoms with Gasteiger partial charge in [0.25, 0.3) is 5.91 Å². The zero-order valence-corrected chi connectivity index (χ0v) is 37.6. The lowest BCUT2D eigenvalue weighted by Gasteiger charge is -2.36. The minimum absolute atomic E-state index is 0.0254. The van der Waals surface area contributed by atoms with Crippen LogP contribution >= 0.6 is 0 Å². The Balaban J connectivity index is 1.06. The van der Waals surface area contributed by atoms with Crippen LogP contribution in [-0.4, -0.2) is 75.1 Å². The van der Waals surface area contributed by atoms with E-state index < -0.39 is 23.3 Å². The fourth-order valence-electron chi connectivity index (χ4n) is 10.4. The number of benzene rings is 3.